The maximum absolute atomic E-state index is 9.75. The molecule has 0 amide bonds. The van der Waals surface area contributed by atoms with Gasteiger partial charge in [0.25, 0.3) is 0 Å². The Morgan fingerprint density at radius 3 is 2.71 bits per heavy atom. The fraction of sp³-hybridized carbons (Fsp3) is 0.625. The minimum absolute atomic E-state index is 0.216. The van der Waals surface area contributed by atoms with Crippen LogP contribution >= 0.6 is 0 Å². The Morgan fingerprint density at radius 1 is 1.19 bits per heavy atom. The van der Waals surface area contributed by atoms with Crippen LogP contribution in [0.25, 0.3) is 0 Å². The van der Waals surface area contributed by atoms with E-state index in [0.717, 1.165) is 17.9 Å². The molecule has 21 heavy (non-hydrogen) atoms. The lowest BCUT2D eigenvalue weighted by Gasteiger charge is -2.14. The fourth-order valence-electron chi connectivity index (χ4n) is 1.67. The summed E-state index contributed by atoms with van der Waals surface area (Å²) in [5, 5.41) is 13.1. The lowest BCUT2D eigenvalue weighted by molar-refractivity contribution is -0.00420. The molecule has 0 aliphatic heterocycles. The summed E-state index contributed by atoms with van der Waals surface area (Å²) in [5.41, 5.74) is 1.16. The summed E-state index contributed by atoms with van der Waals surface area (Å²) in [5.74, 6) is 0.758. The summed E-state index contributed by atoms with van der Waals surface area (Å²) in [6, 6.07) is 8.31. The van der Waals surface area contributed by atoms with Gasteiger partial charge in [-0.2, -0.15) is 0 Å². The summed E-state index contributed by atoms with van der Waals surface area (Å²) in [4.78, 5) is 0. The van der Waals surface area contributed by atoms with E-state index in [-0.39, 0.29) is 13.2 Å². The zero-order chi connectivity index (χ0) is 15.5. The van der Waals surface area contributed by atoms with Gasteiger partial charge in [-0.05, 0) is 17.7 Å². The topological polar surface area (TPSA) is 60.0 Å². The van der Waals surface area contributed by atoms with Crippen LogP contribution in [0.3, 0.4) is 0 Å². The standard InChI is InChI=1S/C16H27NO4/c1-13(2)17-10-14-5-4-6-16(9-14)21-12-15(18)11-20-8-7-19-3/h4-6,9,13,15,17-18H,7-8,10-12H2,1-3H3. The molecule has 0 heterocycles. The van der Waals surface area contributed by atoms with Crippen LogP contribution < -0.4 is 10.1 Å². The van der Waals surface area contributed by atoms with Crippen molar-refractivity contribution in [2.45, 2.75) is 32.5 Å². The molecule has 0 spiro atoms. The van der Waals surface area contributed by atoms with Gasteiger partial charge in [0.05, 0.1) is 19.8 Å². The van der Waals surface area contributed by atoms with E-state index in [1.807, 2.05) is 24.3 Å². The second-order valence-electron chi connectivity index (χ2n) is 5.22. The van der Waals surface area contributed by atoms with Crippen LogP contribution in [0.1, 0.15) is 19.4 Å². The average molecular weight is 297 g/mol. The number of rotatable bonds is 11. The minimum Gasteiger partial charge on any atom is -0.491 e. The largest absolute Gasteiger partial charge is 0.491 e. The van der Waals surface area contributed by atoms with E-state index in [9.17, 15) is 5.11 Å². The Balaban J connectivity index is 2.29. The third-order valence-electron chi connectivity index (χ3n) is 2.80. The van der Waals surface area contributed by atoms with Gasteiger partial charge in [-0.15, -0.1) is 0 Å². The summed E-state index contributed by atoms with van der Waals surface area (Å²) >= 11 is 0. The number of nitrogens with one attached hydrogen (secondary N) is 1. The summed E-state index contributed by atoms with van der Waals surface area (Å²) in [7, 11) is 1.62. The third-order valence-corrected chi connectivity index (χ3v) is 2.80. The van der Waals surface area contributed by atoms with Gasteiger partial charge in [-0.3, -0.25) is 0 Å². The molecule has 1 aromatic rings. The van der Waals surface area contributed by atoms with Crippen LogP contribution in [0, 0.1) is 0 Å². The molecule has 0 aromatic heterocycles. The molecule has 0 saturated heterocycles. The second-order valence-corrected chi connectivity index (χ2v) is 5.22. The molecule has 0 aliphatic rings. The van der Waals surface area contributed by atoms with Gasteiger partial charge in [0.15, 0.2) is 0 Å². The molecule has 1 atom stereocenters. The second kappa shape index (κ2) is 10.6. The zero-order valence-electron chi connectivity index (χ0n) is 13.2. The highest BCUT2D eigenvalue weighted by Crippen LogP contribution is 2.13. The smallest absolute Gasteiger partial charge is 0.119 e. The van der Waals surface area contributed by atoms with Crippen LogP contribution in [0.2, 0.25) is 0 Å². The first-order valence-corrected chi connectivity index (χ1v) is 7.31. The van der Waals surface area contributed by atoms with Gasteiger partial charge < -0.3 is 24.6 Å². The van der Waals surface area contributed by atoms with Gasteiger partial charge in [0.2, 0.25) is 0 Å². The lowest BCUT2D eigenvalue weighted by atomic mass is 10.2. The Bertz CT molecular complexity index is 384. The molecule has 0 radical (unpaired) electrons. The number of benzene rings is 1. The Hall–Kier alpha value is -1.14. The van der Waals surface area contributed by atoms with E-state index < -0.39 is 6.10 Å². The Morgan fingerprint density at radius 2 is 2.00 bits per heavy atom. The molecule has 0 bridgehead atoms. The van der Waals surface area contributed by atoms with E-state index >= 15 is 0 Å². The molecule has 0 saturated carbocycles. The molecule has 2 N–H and O–H groups in total. The Kier molecular flexibility index (Phi) is 9.01. The van der Waals surface area contributed by atoms with E-state index in [4.69, 9.17) is 14.2 Å². The third kappa shape index (κ3) is 8.67. The van der Waals surface area contributed by atoms with Crippen LogP contribution in [-0.2, 0) is 16.0 Å². The number of hydrogen-bond donors (Lipinski definition) is 2. The van der Waals surface area contributed by atoms with Crippen LogP contribution in [-0.4, -0.2) is 50.8 Å². The van der Waals surface area contributed by atoms with Gasteiger partial charge >= 0.3 is 0 Å². The van der Waals surface area contributed by atoms with Gasteiger partial charge in [-0.25, -0.2) is 0 Å². The Labute approximate surface area is 127 Å². The number of hydrogen-bond acceptors (Lipinski definition) is 5. The van der Waals surface area contributed by atoms with Gasteiger partial charge in [0, 0.05) is 19.7 Å². The van der Waals surface area contributed by atoms with Crippen molar-refractivity contribution in [2.75, 3.05) is 33.5 Å². The molecule has 1 rings (SSSR count). The van der Waals surface area contributed by atoms with Gasteiger partial charge in [-0.1, -0.05) is 26.0 Å². The molecule has 1 aromatic carbocycles. The van der Waals surface area contributed by atoms with Crippen molar-refractivity contribution in [3.63, 3.8) is 0 Å². The number of methoxy groups -OCH3 is 1. The van der Waals surface area contributed by atoms with Gasteiger partial charge in [0.1, 0.15) is 18.5 Å². The maximum Gasteiger partial charge on any atom is 0.119 e. The van der Waals surface area contributed by atoms with Crippen molar-refractivity contribution in [1.82, 2.24) is 5.32 Å². The maximum atomic E-state index is 9.75. The first-order valence-electron chi connectivity index (χ1n) is 7.31. The van der Waals surface area contributed by atoms with Crippen LogP contribution in [0.5, 0.6) is 5.75 Å². The van der Waals surface area contributed by atoms with Crippen LogP contribution in [0.4, 0.5) is 0 Å². The monoisotopic (exact) mass is 297 g/mol. The van der Waals surface area contributed by atoms with E-state index in [1.54, 1.807) is 7.11 Å². The number of aliphatic hydroxyl groups is 1. The van der Waals surface area contributed by atoms with Crippen molar-refractivity contribution < 1.29 is 19.3 Å². The molecule has 120 valence electrons. The van der Waals surface area contributed by atoms with E-state index in [0.29, 0.717) is 19.3 Å². The first kappa shape index (κ1) is 17.9. The summed E-state index contributed by atoms with van der Waals surface area (Å²) in [6.45, 7) is 6.49. The fourth-order valence-corrected chi connectivity index (χ4v) is 1.67. The molecule has 0 aliphatic carbocycles. The molecule has 0 fully saturated rings. The quantitative estimate of drug-likeness (QED) is 0.607. The highest BCUT2D eigenvalue weighted by atomic mass is 16.5. The average Bonchev–Trinajstić information content (AvgIpc) is 2.48. The molecular formula is C16H27NO4. The SMILES string of the molecule is COCCOCC(O)COc1cccc(CNC(C)C)c1. The highest BCUT2D eigenvalue weighted by molar-refractivity contribution is 5.28. The lowest BCUT2D eigenvalue weighted by Crippen LogP contribution is -2.24. The highest BCUT2D eigenvalue weighted by Gasteiger charge is 2.06. The number of ether oxygens (including phenoxy) is 3. The van der Waals surface area contributed by atoms with Crippen LogP contribution in [0.15, 0.2) is 24.3 Å². The van der Waals surface area contributed by atoms with Crippen molar-refractivity contribution >= 4 is 0 Å². The summed E-state index contributed by atoms with van der Waals surface area (Å²) in [6.07, 6.45) is -0.640. The molecule has 5 nitrogen and oxygen atoms in total. The van der Waals surface area contributed by atoms with Crippen molar-refractivity contribution in [1.29, 1.82) is 0 Å². The molecular weight excluding hydrogens is 270 g/mol. The predicted molar refractivity (Wildman–Crippen MR) is 82.6 cm³/mol. The first-order chi connectivity index (χ1) is 10.1. The van der Waals surface area contributed by atoms with E-state index in [2.05, 4.69) is 19.2 Å². The predicted octanol–water partition coefficient (Wildman–Crippen LogP) is 1.59. The van der Waals surface area contributed by atoms with Crippen molar-refractivity contribution in [3.05, 3.63) is 29.8 Å². The molecule has 5 heteroatoms. The zero-order valence-corrected chi connectivity index (χ0v) is 13.2. The summed E-state index contributed by atoms with van der Waals surface area (Å²) < 4.78 is 15.7. The van der Waals surface area contributed by atoms with E-state index in [1.165, 1.54) is 0 Å². The minimum atomic E-state index is -0.640. The molecule has 1 unspecified atom stereocenters. The van der Waals surface area contributed by atoms with Crippen molar-refractivity contribution in [3.8, 4) is 5.75 Å². The number of aliphatic hydroxyl groups excluding tert-OH is 1. The van der Waals surface area contributed by atoms with Crippen molar-refractivity contribution in [2.24, 2.45) is 0 Å². The normalized spacial score (nSPS) is 12.6.